The summed E-state index contributed by atoms with van der Waals surface area (Å²) >= 11 is 0. The highest BCUT2D eigenvalue weighted by molar-refractivity contribution is 5.69. The molecule has 0 amide bonds. The molecule has 4 atom stereocenters. The summed E-state index contributed by atoms with van der Waals surface area (Å²) in [7, 11) is 0. The van der Waals surface area contributed by atoms with E-state index in [1.807, 2.05) is 25.7 Å². The van der Waals surface area contributed by atoms with E-state index in [1.54, 1.807) is 6.92 Å². The van der Waals surface area contributed by atoms with E-state index in [9.17, 15) is 23.1 Å². The quantitative estimate of drug-likeness (QED) is 0.299. The molecule has 8 heteroatoms. The maximum absolute atomic E-state index is 13.2. The van der Waals surface area contributed by atoms with Crippen molar-refractivity contribution in [2.24, 2.45) is 11.8 Å². The lowest BCUT2D eigenvalue weighted by Gasteiger charge is -2.45. The van der Waals surface area contributed by atoms with Crippen molar-refractivity contribution >= 4 is 5.97 Å². The second kappa shape index (κ2) is 12.5. The molecule has 0 aromatic heterocycles. The fourth-order valence-electron chi connectivity index (χ4n) is 4.79. The second-order valence-corrected chi connectivity index (χ2v) is 11.0. The van der Waals surface area contributed by atoms with Gasteiger partial charge in [-0.15, -0.1) is 0 Å². The number of aliphatic hydroxyl groups is 1. The van der Waals surface area contributed by atoms with Gasteiger partial charge in [0.1, 0.15) is 0 Å². The topological polar surface area (TPSA) is 59.0 Å². The first-order valence-corrected chi connectivity index (χ1v) is 12.7. The van der Waals surface area contributed by atoms with E-state index in [0.717, 1.165) is 30.5 Å². The third kappa shape index (κ3) is 9.39. The fourth-order valence-corrected chi connectivity index (χ4v) is 4.79. The van der Waals surface area contributed by atoms with Crippen LogP contribution in [0.25, 0.3) is 0 Å². The smallest absolute Gasteiger partial charge is 0.416 e. The Bertz CT molecular complexity index is 789. The number of alkyl halides is 3. The SMILES string of the molecule is CCOC(=O)C[C@@H]1CC[C@@H](N(CCC(C)C)C(O)OC(C)(C)C)[C@H](c2ccc(C(F)(F)F)cc2)C1. The summed E-state index contributed by atoms with van der Waals surface area (Å²) in [5.74, 6) is 0.0555. The molecule has 1 fully saturated rings. The Hall–Kier alpha value is -1.64. The zero-order valence-electron chi connectivity index (χ0n) is 21.9. The summed E-state index contributed by atoms with van der Waals surface area (Å²) in [6.07, 6.45) is -2.35. The molecule has 200 valence electrons. The van der Waals surface area contributed by atoms with Gasteiger partial charge in [-0.05, 0) is 88.8 Å². The van der Waals surface area contributed by atoms with Crippen LogP contribution >= 0.6 is 0 Å². The molecule has 2 rings (SSSR count). The Kier molecular flexibility index (Phi) is 10.6. The lowest BCUT2D eigenvalue weighted by Crippen LogP contribution is -2.51. The van der Waals surface area contributed by atoms with E-state index in [2.05, 4.69) is 13.8 Å². The third-order valence-electron chi connectivity index (χ3n) is 6.48. The average Bonchev–Trinajstić information content (AvgIpc) is 2.73. The van der Waals surface area contributed by atoms with Gasteiger partial charge in [-0.3, -0.25) is 9.69 Å². The molecule has 0 saturated heterocycles. The van der Waals surface area contributed by atoms with Crippen molar-refractivity contribution in [2.75, 3.05) is 13.2 Å². The van der Waals surface area contributed by atoms with Crippen molar-refractivity contribution in [3.05, 3.63) is 35.4 Å². The predicted molar refractivity (Wildman–Crippen MR) is 130 cm³/mol. The Morgan fingerprint density at radius 3 is 2.29 bits per heavy atom. The van der Waals surface area contributed by atoms with Gasteiger partial charge in [-0.2, -0.15) is 13.2 Å². The van der Waals surface area contributed by atoms with E-state index in [-0.39, 0.29) is 30.3 Å². The minimum absolute atomic E-state index is 0.0604. The zero-order valence-corrected chi connectivity index (χ0v) is 21.9. The lowest BCUT2D eigenvalue weighted by atomic mass is 9.73. The van der Waals surface area contributed by atoms with Crippen LogP contribution in [0.4, 0.5) is 13.2 Å². The number of nitrogens with zero attached hydrogens (tertiary/aromatic N) is 1. The van der Waals surface area contributed by atoms with Crippen LogP contribution in [0.1, 0.15) is 90.7 Å². The van der Waals surface area contributed by atoms with E-state index in [1.165, 1.54) is 12.1 Å². The Morgan fingerprint density at radius 2 is 1.77 bits per heavy atom. The highest BCUT2D eigenvalue weighted by Gasteiger charge is 2.40. The molecule has 0 spiro atoms. The molecule has 1 saturated carbocycles. The molecule has 35 heavy (non-hydrogen) atoms. The van der Waals surface area contributed by atoms with Gasteiger partial charge in [-0.1, -0.05) is 26.0 Å². The summed E-state index contributed by atoms with van der Waals surface area (Å²) in [5.41, 5.74) is -0.487. The van der Waals surface area contributed by atoms with Crippen molar-refractivity contribution < 1.29 is 32.5 Å². The Morgan fingerprint density at radius 1 is 1.14 bits per heavy atom. The van der Waals surface area contributed by atoms with E-state index in [0.29, 0.717) is 31.9 Å². The van der Waals surface area contributed by atoms with Gasteiger partial charge in [0.25, 0.3) is 0 Å². The summed E-state index contributed by atoms with van der Waals surface area (Å²) in [4.78, 5) is 14.1. The van der Waals surface area contributed by atoms with Crippen LogP contribution in [0.15, 0.2) is 24.3 Å². The molecule has 1 aliphatic rings. The molecule has 1 aromatic rings. The van der Waals surface area contributed by atoms with E-state index >= 15 is 0 Å². The minimum atomic E-state index is -4.41. The van der Waals surface area contributed by atoms with Gasteiger partial charge < -0.3 is 14.6 Å². The molecule has 5 nitrogen and oxygen atoms in total. The minimum Gasteiger partial charge on any atom is -0.466 e. The molecule has 1 unspecified atom stereocenters. The van der Waals surface area contributed by atoms with Crippen LogP contribution in [0.5, 0.6) is 0 Å². The second-order valence-electron chi connectivity index (χ2n) is 11.0. The number of carbonyl (C=O) groups excluding carboxylic acids is 1. The summed E-state index contributed by atoms with van der Waals surface area (Å²) in [6, 6.07) is 5.15. The highest BCUT2D eigenvalue weighted by atomic mass is 19.4. The van der Waals surface area contributed by atoms with Gasteiger partial charge in [0.15, 0.2) is 0 Å². The monoisotopic (exact) mass is 501 g/mol. The number of hydrogen-bond acceptors (Lipinski definition) is 5. The Balaban J connectivity index is 2.38. The molecular formula is C27H42F3NO4. The molecule has 1 aromatic carbocycles. The van der Waals surface area contributed by atoms with Gasteiger partial charge in [-0.25, -0.2) is 0 Å². The zero-order chi connectivity index (χ0) is 26.4. The Labute approximate surface area is 208 Å². The van der Waals surface area contributed by atoms with Crippen molar-refractivity contribution in [1.82, 2.24) is 4.90 Å². The number of benzene rings is 1. The van der Waals surface area contributed by atoms with E-state index < -0.39 is 23.8 Å². The first-order valence-electron chi connectivity index (χ1n) is 12.7. The largest absolute Gasteiger partial charge is 0.466 e. The number of carbonyl (C=O) groups is 1. The fraction of sp³-hybridized carbons (Fsp3) is 0.741. The van der Waals surface area contributed by atoms with Crippen LogP contribution in [0.3, 0.4) is 0 Å². The van der Waals surface area contributed by atoms with Crippen LogP contribution in [0, 0.1) is 11.8 Å². The highest BCUT2D eigenvalue weighted by Crippen LogP contribution is 2.42. The molecule has 0 heterocycles. The van der Waals surface area contributed by atoms with Crippen LogP contribution in [0.2, 0.25) is 0 Å². The number of esters is 1. The van der Waals surface area contributed by atoms with Crippen LogP contribution in [-0.4, -0.2) is 47.2 Å². The number of rotatable bonds is 10. The lowest BCUT2D eigenvalue weighted by molar-refractivity contribution is -0.252. The van der Waals surface area contributed by atoms with Crippen molar-refractivity contribution in [3.63, 3.8) is 0 Å². The van der Waals surface area contributed by atoms with Gasteiger partial charge >= 0.3 is 12.1 Å². The molecular weight excluding hydrogens is 459 g/mol. The molecule has 1 aliphatic carbocycles. The van der Waals surface area contributed by atoms with Crippen LogP contribution in [-0.2, 0) is 20.4 Å². The van der Waals surface area contributed by atoms with Crippen LogP contribution < -0.4 is 0 Å². The number of aliphatic hydroxyl groups excluding tert-OH is 1. The molecule has 0 aliphatic heterocycles. The number of ether oxygens (including phenoxy) is 2. The first kappa shape index (κ1) is 29.6. The molecule has 0 bridgehead atoms. The van der Waals surface area contributed by atoms with Gasteiger partial charge in [0.05, 0.1) is 17.8 Å². The van der Waals surface area contributed by atoms with Crippen molar-refractivity contribution in [1.29, 1.82) is 0 Å². The number of halogens is 3. The molecule has 0 radical (unpaired) electrons. The van der Waals surface area contributed by atoms with Gasteiger partial charge in [0, 0.05) is 19.0 Å². The molecule has 1 N–H and O–H groups in total. The first-order chi connectivity index (χ1) is 16.2. The summed E-state index contributed by atoms with van der Waals surface area (Å²) < 4.78 is 50.6. The van der Waals surface area contributed by atoms with Crippen molar-refractivity contribution in [3.8, 4) is 0 Å². The summed E-state index contributed by atoms with van der Waals surface area (Å²) in [6.45, 7) is 12.5. The third-order valence-corrected chi connectivity index (χ3v) is 6.48. The summed E-state index contributed by atoms with van der Waals surface area (Å²) in [5, 5.41) is 11.1. The van der Waals surface area contributed by atoms with Crippen molar-refractivity contribution in [2.45, 2.75) is 104 Å². The standard InChI is InChI=1S/C27H42F3NO4/c1-7-34-24(32)17-19-8-13-23(31(15-14-18(2)3)25(33)35-26(4,5)6)22(16-19)20-9-11-21(12-10-20)27(28,29)30/h9-12,18-19,22-23,25,33H,7-8,13-17H2,1-6H3/t19-,22+,23-,25?/m1/s1. The van der Waals surface area contributed by atoms with Gasteiger partial charge in [0.2, 0.25) is 6.41 Å². The predicted octanol–water partition coefficient (Wildman–Crippen LogP) is 6.35. The van der Waals surface area contributed by atoms with E-state index in [4.69, 9.17) is 9.47 Å². The average molecular weight is 502 g/mol. The maximum atomic E-state index is 13.2. The maximum Gasteiger partial charge on any atom is 0.416 e. The normalized spacial score (nSPS) is 22.5. The number of hydrogen-bond donors (Lipinski definition) is 1.